The predicted molar refractivity (Wildman–Crippen MR) is 64.7 cm³/mol. The highest BCUT2D eigenvalue weighted by molar-refractivity contribution is 5.41. The number of aryl methyl sites for hydroxylation is 1. The summed E-state index contributed by atoms with van der Waals surface area (Å²) in [7, 11) is 1.67. The molecule has 0 heterocycles. The fourth-order valence-corrected chi connectivity index (χ4v) is 2.59. The van der Waals surface area contributed by atoms with E-state index in [1.807, 2.05) is 12.1 Å². The highest BCUT2D eigenvalue weighted by atomic mass is 16.5. The molecule has 1 aliphatic carbocycles. The van der Waals surface area contributed by atoms with E-state index in [0.717, 1.165) is 37.0 Å². The van der Waals surface area contributed by atoms with Crippen LogP contribution in [0.4, 0.5) is 0 Å². The van der Waals surface area contributed by atoms with E-state index >= 15 is 0 Å². The molecule has 1 aromatic rings. The molecule has 0 aliphatic heterocycles. The molecular weight excluding hydrogens is 200 g/mol. The zero-order valence-electron chi connectivity index (χ0n) is 10.1. The first-order valence-corrected chi connectivity index (χ1v) is 6.03. The van der Waals surface area contributed by atoms with Gasteiger partial charge in [-0.05, 0) is 31.9 Å². The van der Waals surface area contributed by atoms with Crippen LogP contribution in [0.25, 0.3) is 0 Å². The SMILES string of the molecule is COc1ccc(C)cc1C1(O)CCCCC1. The predicted octanol–water partition coefficient (Wildman–Crippen LogP) is 3.16. The van der Waals surface area contributed by atoms with Gasteiger partial charge in [0, 0.05) is 5.56 Å². The van der Waals surface area contributed by atoms with Crippen LogP contribution in [-0.2, 0) is 5.60 Å². The van der Waals surface area contributed by atoms with Crippen LogP contribution in [0, 0.1) is 6.92 Å². The van der Waals surface area contributed by atoms with Crippen LogP contribution in [0.3, 0.4) is 0 Å². The first-order valence-electron chi connectivity index (χ1n) is 6.03. The Labute approximate surface area is 97.3 Å². The molecule has 0 bridgehead atoms. The summed E-state index contributed by atoms with van der Waals surface area (Å²) in [6.45, 7) is 2.05. The molecule has 1 N–H and O–H groups in total. The Morgan fingerprint density at radius 1 is 1.19 bits per heavy atom. The van der Waals surface area contributed by atoms with Gasteiger partial charge in [0.15, 0.2) is 0 Å². The molecular formula is C14H20O2. The van der Waals surface area contributed by atoms with Gasteiger partial charge in [-0.15, -0.1) is 0 Å². The molecule has 16 heavy (non-hydrogen) atoms. The van der Waals surface area contributed by atoms with Crippen molar-refractivity contribution in [3.8, 4) is 5.75 Å². The fourth-order valence-electron chi connectivity index (χ4n) is 2.59. The van der Waals surface area contributed by atoms with E-state index in [1.54, 1.807) is 7.11 Å². The maximum absolute atomic E-state index is 10.7. The monoisotopic (exact) mass is 220 g/mol. The summed E-state index contributed by atoms with van der Waals surface area (Å²) in [5.74, 6) is 0.815. The van der Waals surface area contributed by atoms with E-state index in [9.17, 15) is 5.11 Å². The van der Waals surface area contributed by atoms with Gasteiger partial charge in [-0.2, -0.15) is 0 Å². The number of ether oxygens (including phenoxy) is 1. The third kappa shape index (κ3) is 2.07. The lowest BCUT2D eigenvalue weighted by atomic mass is 9.79. The van der Waals surface area contributed by atoms with Crippen LogP contribution in [0.5, 0.6) is 5.75 Å². The highest BCUT2D eigenvalue weighted by Crippen LogP contribution is 2.41. The number of rotatable bonds is 2. The average Bonchev–Trinajstić information content (AvgIpc) is 2.30. The Morgan fingerprint density at radius 2 is 1.88 bits per heavy atom. The molecule has 0 amide bonds. The zero-order valence-corrected chi connectivity index (χ0v) is 10.1. The molecule has 0 spiro atoms. The van der Waals surface area contributed by atoms with Crippen molar-refractivity contribution in [1.29, 1.82) is 0 Å². The maximum atomic E-state index is 10.7. The second kappa shape index (κ2) is 4.46. The number of methoxy groups -OCH3 is 1. The normalized spacial score (nSPS) is 19.4. The summed E-state index contributed by atoms with van der Waals surface area (Å²) in [4.78, 5) is 0. The molecule has 0 atom stereocenters. The summed E-state index contributed by atoms with van der Waals surface area (Å²) in [6.07, 6.45) is 5.15. The fraction of sp³-hybridized carbons (Fsp3) is 0.571. The Bertz CT molecular complexity index is 365. The number of hydrogen-bond acceptors (Lipinski definition) is 2. The Balaban J connectivity index is 2.40. The van der Waals surface area contributed by atoms with E-state index in [4.69, 9.17) is 4.74 Å². The van der Waals surface area contributed by atoms with Crippen molar-refractivity contribution in [2.75, 3.05) is 7.11 Å². The second-order valence-electron chi connectivity index (χ2n) is 4.80. The van der Waals surface area contributed by atoms with Crippen LogP contribution in [-0.4, -0.2) is 12.2 Å². The summed E-state index contributed by atoms with van der Waals surface area (Å²) in [5.41, 5.74) is 1.47. The van der Waals surface area contributed by atoms with E-state index in [0.29, 0.717) is 0 Å². The molecule has 0 saturated heterocycles. The van der Waals surface area contributed by atoms with E-state index in [1.165, 1.54) is 12.0 Å². The topological polar surface area (TPSA) is 29.5 Å². The third-order valence-corrected chi connectivity index (χ3v) is 3.54. The molecule has 1 aromatic carbocycles. The molecule has 2 nitrogen and oxygen atoms in total. The average molecular weight is 220 g/mol. The minimum atomic E-state index is -0.671. The molecule has 0 aromatic heterocycles. The largest absolute Gasteiger partial charge is 0.496 e. The number of hydrogen-bond donors (Lipinski definition) is 1. The van der Waals surface area contributed by atoms with Gasteiger partial charge in [-0.3, -0.25) is 0 Å². The van der Waals surface area contributed by atoms with E-state index in [2.05, 4.69) is 13.0 Å². The van der Waals surface area contributed by atoms with Gasteiger partial charge in [-0.25, -0.2) is 0 Å². The molecule has 0 radical (unpaired) electrons. The van der Waals surface area contributed by atoms with Crippen LogP contribution < -0.4 is 4.74 Å². The summed E-state index contributed by atoms with van der Waals surface area (Å²) >= 11 is 0. The van der Waals surface area contributed by atoms with Gasteiger partial charge in [0.05, 0.1) is 12.7 Å². The van der Waals surface area contributed by atoms with E-state index < -0.39 is 5.60 Å². The van der Waals surface area contributed by atoms with E-state index in [-0.39, 0.29) is 0 Å². The van der Waals surface area contributed by atoms with Crippen molar-refractivity contribution in [3.63, 3.8) is 0 Å². The van der Waals surface area contributed by atoms with Crippen molar-refractivity contribution in [2.24, 2.45) is 0 Å². The Morgan fingerprint density at radius 3 is 2.50 bits per heavy atom. The first-order chi connectivity index (χ1) is 7.65. The van der Waals surface area contributed by atoms with Crippen molar-refractivity contribution < 1.29 is 9.84 Å². The van der Waals surface area contributed by atoms with Gasteiger partial charge in [-0.1, -0.05) is 30.9 Å². The lowest BCUT2D eigenvalue weighted by molar-refractivity contribution is -0.00262. The van der Waals surface area contributed by atoms with Crippen LogP contribution in [0.15, 0.2) is 18.2 Å². The summed E-state index contributed by atoms with van der Waals surface area (Å²) in [5, 5.41) is 10.7. The van der Waals surface area contributed by atoms with Gasteiger partial charge < -0.3 is 9.84 Å². The maximum Gasteiger partial charge on any atom is 0.124 e. The molecule has 88 valence electrons. The smallest absolute Gasteiger partial charge is 0.124 e. The zero-order chi connectivity index (χ0) is 11.6. The summed E-state index contributed by atoms with van der Waals surface area (Å²) < 4.78 is 5.36. The quantitative estimate of drug-likeness (QED) is 0.829. The molecule has 1 saturated carbocycles. The van der Waals surface area contributed by atoms with Crippen molar-refractivity contribution >= 4 is 0 Å². The number of benzene rings is 1. The van der Waals surface area contributed by atoms with Crippen molar-refractivity contribution in [3.05, 3.63) is 29.3 Å². The summed E-state index contributed by atoms with van der Waals surface area (Å²) in [6, 6.07) is 6.04. The molecule has 0 unspecified atom stereocenters. The Hall–Kier alpha value is -1.02. The number of aliphatic hydroxyl groups is 1. The van der Waals surface area contributed by atoms with Gasteiger partial charge in [0.25, 0.3) is 0 Å². The second-order valence-corrected chi connectivity index (χ2v) is 4.80. The molecule has 2 rings (SSSR count). The van der Waals surface area contributed by atoms with Gasteiger partial charge in [0.1, 0.15) is 5.75 Å². The van der Waals surface area contributed by atoms with Crippen LogP contribution in [0.2, 0.25) is 0 Å². The van der Waals surface area contributed by atoms with Crippen LogP contribution >= 0.6 is 0 Å². The minimum absolute atomic E-state index is 0.671. The minimum Gasteiger partial charge on any atom is -0.496 e. The highest BCUT2D eigenvalue weighted by Gasteiger charge is 2.33. The van der Waals surface area contributed by atoms with Gasteiger partial charge >= 0.3 is 0 Å². The molecule has 1 fully saturated rings. The Kier molecular flexibility index (Phi) is 3.20. The lowest BCUT2D eigenvalue weighted by Crippen LogP contribution is -2.29. The standard InChI is InChI=1S/C14H20O2/c1-11-6-7-13(16-2)12(10-11)14(15)8-4-3-5-9-14/h6-7,10,15H,3-5,8-9H2,1-2H3. The van der Waals surface area contributed by atoms with Crippen molar-refractivity contribution in [2.45, 2.75) is 44.6 Å². The lowest BCUT2D eigenvalue weighted by Gasteiger charge is -2.33. The van der Waals surface area contributed by atoms with Gasteiger partial charge in [0.2, 0.25) is 0 Å². The van der Waals surface area contributed by atoms with Crippen molar-refractivity contribution in [1.82, 2.24) is 0 Å². The molecule has 2 heteroatoms. The first kappa shape index (κ1) is 11.5. The van der Waals surface area contributed by atoms with Crippen LogP contribution in [0.1, 0.15) is 43.2 Å². The third-order valence-electron chi connectivity index (χ3n) is 3.54. The molecule has 1 aliphatic rings.